The Morgan fingerprint density at radius 3 is 2.77 bits per heavy atom. The Hall–Kier alpha value is -1.31. The second-order valence-corrected chi connectivity index (χ2v) is 3.06. The van der Waals surface area contributed by atoms with E-state index >= 15 is 0 Å². The fraction of sp³-hybridized carbons (Fsp3) is 0.364. The zero-order chi connectivity index (χ0) is 9.68. The van der Waals surface area contributed by atoms with Crippen LogP contribution in [0.15, 0.2) is 18.2 Å². The Kier molecular flexibility index (Phi) is 3.50. The predicted octanol–water partition coefficient (Wildman–Crippen LogP) is 2.14. The maximum absolute atomic E-state index is 10.2. The number of aldehydes is 1. The fourth-order valence-corrected chi connectivity index (χ4v) is 1.31. The first-order chi connectivity index (χ1) is 6.26. The Labute approximate surface area is 78.5 Å². The van der Waals surface area contributed by atoms with E-state index in [0.29, 0.717) is 6.42 Å². The third-order valence-electron chi connectivity index (χ3n) is 1.90. The summed E-state index contributed by atoms with van der Waals surface area (Å²) in [6.07, 6.45) is 2.31. The molecule has 0 aliphatic heterocycles. The van der Waals surface area contributed by atoms with Crippen molar-refractivity contribution in [2.75, 3.05) is 7.11 Å². The molecule has 0 aromatic heterocycles. The molecular formula is C11H14O2. The molecule has 0 saturated heterocycles. The topological polar surface area (TPSA) is 26.3 Å². The molecular weight excluding hydrogens is 164 g/mol. The van der Waals surface area contributed by atoms with Crippen molar-refractivity contribution >= 4 is 6.29 Å². The summed E-state index contributed by atoms with van der Waals surface area (Å²) in [5, 5.41) is 0. The maximum Gasteiger partial charge on any atom is 0.120 e. The quantitative estimate of drug-likeness (QED) is 0.660. The third-order valence-corrected chi connectivity index (χ3v) is 1.90. The van der Waals surface area contributed by atoms with Crippen LogP contribution in [0.1, 0.15) is 17.5 Å². The van der Waals surface area contributed by atoms with Gasteiger partial charge in [-0.25, -0.2) is 0 Å². The van der Waals surface area contributed by atoms with Crippen LogP contribution in [0.5, 0.6) is 5.75 Å². The summed E-state index contributed by atoms with van der Waals surface area (Å²) in [6, 6.07) is 6.02. The van der Waals surface area contributed by atoms with E-state index in [1.54, 1.807) is 7.11 Å². The van der Waals surface area contributed by atoms with Gasteiger partial charge in [0, 0.05) is 6.42 Å². The van der Waals surface area contributed by atoms with E-state index in [0.717, 1.165) is 24.0 Å². The molecule has 0 aliphatic rings. The van der Waals surface area contributed by atoms with Gasteiger partial charge in [0.15, 0.2) is 0 Å². The fourth-order valence-electron chi connectivity index (χ4n) is 1.31. The van der Waals surface area contributed by atoms with Crippen LogP contribution in [-0.4, -0.2) is 13.4 Å². The van der Waals surface area contributed by atoms with Crippen molar-refractivity contribution in [2.45, 2.75) is 19.8 Å². The minimum absolute atomic E-state index is 0.576. The number of hydrogen-bond donors (Lipinski definition) is 0. The normalized spacial score (nSPS) is 9.69. The van der Waals surface area contributed by atoms with Crippen LogP contribution in [-0.2, 0) is 11.2 Å². The lowest BCUT2D eigenvalue weighted by molar-refractivity contribution is -0.107. The molecule has 0 aliphatic carbocycles. The molecule has 0 radical (unpaired) electrons. The Balaban J connectivity index is 2.81. The molecule has 0 amide bonds. The highest BCUT2D eigenvalue weighted by molar-refractivity contribution is 5.50. The van der Waals surface area contributed by atoms with Crippen molar-refractivity contribution in [1.29, 1.82) is 0 Å². The molecule has 0 fully saturated rings. The summed E-state index contributed by atoms with van der Waals surface area (Å²) >= 11 is 0. The second kappa shape index (κ2) is 4.65. The molecule has 2 heteroatoms. The average molecular weight is 178 g/mol. The maximum atomic E-state index is 10.2. The van der Waals surface area contributed by atoms with E-state index in [9.17, 15) is 4.79 Å². The summed E-state index contributed by atoms with van der Waals surface area (Å²) in [5.41, 5.74) is 2.32. The summed E-state index contributed by atoms with van der Waals surface area (Å²) in [4.78, 5) is 10.2. The third kappa shape index (κ3) is 2.90. The predicted molar refractivity (Wildman–Crippen MR) is 52.1 cm³/mol. The molecule has 0 spiro atoms. The van der Waals surface area contributed by atoms with Gasteiger partial charge in [0.25, 0.3) is 0 Å². The molecule has 0 bridgehead atoms. The van der Waals surface area contributed by atoms with Gasteiger partial charge < -0.3 is 9.53 Å². The van der Waals surface area contributed by atoms with Gasteiger partial charge in [0.05, 0.1) is 7.11 Å². The van der Waals surface area contributed by atoms with Gasteiger partial charge in [0.2, 0.25) is 0 Å². The van der Waals surface area contributed by atoms with Crippen LogP contribution >= 0.6 is 0 Å². The SMILES string of the molecule is COc1cc(C)cc(CCC=O)c1. The molecule has 13 heavy (non-hydrogen) atoms. The lowest BCUT2D eigenvalue weighted by Gasteiger charge is -2.04. The summed E-state index contributed by atoms with van der Waals surface area (Å²) < 4.78 is 5.13. The van der Waals surface area contributed by atoms with Crippen LogP contribution in [0.4, 0.5) is 0 Å². The molecule has 1 aromatic rings. The Morgan fingerprint density at radius 2 is 2.15 bits per heavy atom. The van der Waals surface area contributed by atoms with E-state index < -0.39 is 0 Å². The second-order valence-electron chi connectivity index (χ2n) is 3.06. The molecule has 0 heterocycles. The van der Waals surface area contributed by atoms with Gasteiger partial charge in [-0.1, -0.05) is 6.07 Å². The minimum atomic E-state index is 0.576. The molecule has 70 valence electrons. The molecule has 2 nitrogen and oxygen atoms in total. The van der Waals surface area contributed by atoms with Gasteiger partial charge in [0.1, 0.15) is 12.0 Å². The van der Waals surface area contributed by atoms with Crippen molar-refractivity contribution < 1.29 is 9.53 Å². The van der Waals surface area contributed by atoms with Crippen LogP contribution in [0, 0.1) is 6.92 Å². The van der Waals surface area contributed by atoms with E-state index in [1.165, 1.54) is 5.56 Å². The first kappa shape index (κ1) is 9.78. The van der Waals surface area contributed by atoms with E-state index in [2.05, 4.69) is 6.07 Å². The smallest absolute Gasteiger partial charge is 0.120 e. The van der Waals surface area contributed by atoms with Crippen molar-refractivity contribution in [3.05, 3.63) is 29.3 Å². The minimum Gasteiger partial charge on any atom is -0.497 e. The van der Waals surface area contributed by atoms with Gasteiger partial charge in [-0.3, -0.25) is 0 Å². The Morgan fingerprint density at radius 1 is 1.38 bits per heavy atom. The van der Waals surface area contributed by atoms with Crippen molar-refractivity contribution in [1.82, 2.24) is 0 Å². The molecule has 0 unspecified atom stereocenters. The van der Waals surface area contributed by atoms with Crippen LogP contribution in [0.3, 0.4) is 0 Å². The van der Waals surface area contributed by atoms with Crippen molar-refractivity contribution in [3.8, 4) is 5.75 Å². The first-order valence-electron chi connectivity index (χ1n) is 4.34. The van der Waals surface area contributed by atoms with Gasteiger partial charge in [-0.05, 0) is 36.6 Å². The number of carbonyl (C=O) groups is 1. The summed E-state index contributed by atoms with van der Waals surface area (Å²) in [5.74, 6) is 0.862. The number of methoxy groups -OCH3 is 1. The monoisotopic (exact) mass is 178 g/mol. The standard InChI is InChI=1S/C11H14O2/c1-9-6-10(4-3-5-12)8-11(7-9)13-2/h5-8H,3-4H2,1-2H3. The zero-order valence-electron chi connectivity index (χ0n) is 8.04. The number of aryl methyl sites for hydroxylation is 2. The molecule has 1 aromatic carbocycles. The highest BCUT2D eigenvalue weighted by Crippen LogP contribution is 2.17. The molecule has 0 saturated carbocycles. The Bertz CT molecular complexity index is 292. The lowest BCUT2D eigenvalue weighted by Crippen LogP contribution is -1.90. The van der Waals surface area contributed by atoms with Gasteiger partial charge >= 0.3 is 0 Å². The van der Waals surface area contributed by atoms with Crippen molar-refractivity contribution in [3.63, 3.8) is 0 Å². The van der Waals surface area contributed by atoms with Crippen molar-refractivity contribution in [2.24, 2.45) is 0 Å². The largest absolute Gasteiger partial charge is 0.497 e. The summed E-state index contributed by atoms with van der Waals surface area (Å²) in [6.45, 7) is 2.02. The number of carbonyl (C=O) groups excluding carboxylic acids is 1. The van der Waals surface area contributed by atoms with Gasteiger partial charge in [-0.15, -0.1) is 0 Å². The van der Waals surface area contributed by atoms with Gasteiger partial charge in [-0.2, -0.15) is 0 Å². The number of hydrogen-bond acceptors (Lipinski definition) is 2. The number of rotatable bonds is 4. The van der Waals surface area contributed by atoms with Crippen LogP contribution in [0.2, 0.25) is 0 Å². The first-order valence-corrected chi connectivity index (χ1v) is 4.34. The van der Waals surface area contributed by atoms with E-state index in [-0.39, 0.29) is 0 Å². The van der Waals surface area contributed by atoms with E-state index in [1.807, 2.05) is 19.1 Å². The van der Waals surface area contributed by atoms with Crippen LogP contribution in [0.25, 0.3) is 0 Å². The zero-order valence-corrected chi connectivity index (χ0v) is 8.04. The number of benzene rings is 1. The molecule has 1 rings (SSSR count). The average Bonchev–Trinajstić information content (AvgIpc) is 2.14. The molecule has 0 N–H and O–H groups in total. The molecule has 0 atom stereocenters. The van der Waals surface area contributed by atoms with E-state index in [4.69, 9.17) is 4.74 Å². The lowest BCUT2D eigenvalue weighted by atomic mass is 10.1. The number of ether oxygens (including phenoxy) is 1. The highest BCUT2D eigenvalue weighted by atomic mass is 16.5. The summed E-state index contributed by atoms with van der Waals surface area (Å²) in [7, 11) is 1.65. The van der Waals surface area contributed by atoms with Crippen LogP contribution < -0.4 is 4.74 Å². The highest BCUT2D eigenvalue weighted by Gasteiger charge is 1.97.